The largest absolute Gasteiger partial charge is 0.493 e. The number of likely N-dealkylation sites (tertiary alicyclic amines) is 1. The fraction of sp³-hybridized carbons (Fsp3) is 0.429. The predicted molar refractivity (Wildman–Crippen MR) is 166 cm³/mol. The molecule has 3 aromatic carbocycles. The van der Waals surface area contributed by atoms with E-state index in [1.54, 1.807) is 12.1 Å². The van der Waals surface area contributed by atoms with Crippen LogP contribution in [0.25, 0.3) is 0 Å². The summed E-state index contributed by atoms with van der Waals surface area (Å²) in [6.45, 7) is 4.79. The van der Waals surface area contributed by atoms with Gasteiger partial charge in [0.05, 0.1) is 26.2 Å². The first kappa shape index (κ1) is 30.7. The highest BCUT2D eigenvalue weighted by Crippen LogP contribution is 2.50. The number of methoxy groups -OCH3 is 1. The Hall–Kier alpha value is -4.31. The van der Waals surface area contributed by atoms with E-state index in [1.807, 2.05) is 43.0 Å². The van der Waals surface area contributed by atoms with E-state index in [2.05, 4.69) is 5.32 Å². The van der Waals surface area contributed by atoms with E-state index in [0.717, 1.165) is 16.9 Å². The Balaban J connectivity index is 1.33. The first-order chi connectivity index (χ1) is 21.8. The van der Waals surface area contributed by atoms with Crippen LogP contribution in [0.1, 0.15) is 60.9 Å². The van der Waals surface area contributed by atoms with Crippen LogP contribution >= 0.6 is 0 Å². The number of anilines is 1. The molecule has 0 spiro atoms. The highest BCUT2D eigenvalue weighted by Gasteiger charge is 2.48. The zero-order valence-electron chi connectivity index (χ0n) is 25.8. The Bertz CT molecular complexity index is 1550. The normalized spacial score (nSPS) is 20.7. The van der Waals surface area contributed by atoms with Crippen molar-refractivity contribution in [3.63, 3.8) is 0 Å². The summed E-state index contributed by atoms with van der Waals surface area (Å²) in [4.78, 5) is 28.6. The molecule has 0 aromatic heterocycles. The second kappa shape index (κ2) is 13.0. The molecule has 10 heteroatoms. The van der Waals surface area contributed by atoms with Crippen LogP contribution in [-0.4, -0.2) is 55.5 Å². The van der Waals surface area contributed by atoms with Crippen molar-refractivity contribution in [3.05, 3.63) is 76.6 Å². The van der Waals surface area contributed by atoms with Crippen molar-refractivity contribution < 1.29 is 38.0 Å². The third-order valence-corrected chi connectivity index (χ3v) is 9.04. The number of carboxylic acid groups (broad SMARTS) is 1. The average Bonchev–Trinajstić information content (AvgIpc) is 3.61. The second-order valence-electron chi connectivity index (χ2n) is 12.0. The fourth-order valence-corrected chi connectivity index (χ4v) is 6.56. The average molecular weight is 619 g/mol. The molecule has 1 saturated carbocycles. The number of nitrogens with zero attached hydrogens (tertiary/aromatic N) is 1. The van der Waals surface area contributed by atoms with E-state index in [-0.39, 0.29) is 25.1 Å². The first-order valence-corrected chi connectivity index (χ1v) is 15.6. The van der Waals surface area contributed by atoms with Crippen molar-refractivity contribution in [2.24, 2.45) is 11.8 Å². The van der Waals surface area contributed by atoms with Gasteiger partial charge >= 0.3 is 5.97 Å². The number of carbonyl (C=O) groups excluding carboxylic acids is 1. The lowest BCUT2D eigenvalue weighted by molar-refractivity contribution is -0.143. The third-order valence-electron chi connectivity index (χ3n) is 9.04. The molecule has 1 aliphatic carbocycles. The molecule has 2 aliphatic heterocycles. The molecule has 1 amide bonds. The number of amides is 1. The highest BCUT2D eigenvalue weighted by atomic mass is 19.1. The maximum Gasteiger partial charge on any atom is 0.309 e. The molecule has 2 N–H and O–H groups in total. The number of hydrogen-bond donors (Lipinski definition) is 2. The van der Waals surface area contributed by atoms with Crippen LogP contribution in [0.3, 0.4) is 0 Å². The topological polar surface area (TPSA) is 107 Å². The van der Waals surface area contributed by atoms with Crippen molar-refractivity contribution in [1.29, 1.82) is 0 Å². The van der Waals surface area contributed by atoms with Crippen molar-refractivity contribution in [3.8, 4) is 23.0 Å². The standard InChI is InChI=1S/C35H39FN2O7/c1-4-21-12-25(36)13-22(5-2)32(21)37-30(39)17-38-16-27(24-14-28(42-3)34-29(15-24)44-19-45-34)31(35(40)41)33(38)23-8-10-26(11-9-23)43-18-20-6-7-20/h8-15,20,27,31,33H,4-7,16-19H2,1-3H3,(H,37,39)(H,40,41)/t27-,31?,33+/m1/s1. The number of fused-ring (bicyclic) bond motifs is 1. The summed E-state index contributed by atoms with van der Waals surface area (Å²) < 4.78 is 37.0. The smallest absolute Gasteiger partial charge is 0.309 e. The van der Waals surface area contributed by atoms with Crippen LogP contribution in [0.5, 0.6) is 23.0 Å². The molecule has 3 aliphatic rings. The number of halogens is 1. The number of hydrogen-bond acceptors (Lipinski definition) is 7. The number of ether oxygens (including phenoxy) is 4. The third kappa shape index (κ3) is 6.42. The Labute approximate surface area is 262 Å². The number of benzene rings is 3. The molecule has 238 valence electrons. The van der Waals surface area contributed by atoms with Gasteiger partial charge in [0.2, 0.25) is 18.4 Å². The number of aryl methyl sites for hydroxylation is 2. The summed E-state index contributed by atoms with van der Waals surface area (Å²) in [5.74, 6) is -0.206. The van der Waals surface area contributed by atoms with Crippen molar-refractivity contribution >= 4 is 17.6 Å². The molecule has 0 radical (unpaired) electrons. The van der Waals surface area contributed by atoms with Gasteiger partial charge in [-0.25, -0.2) is 4.39 Å². The Kier molecular flexibility index (Phi) is 8.85. The molecule has 9 nitrogen and oxygen atoms in total. The van der Waals surface area contributed by atoms with E-state index < -0.39 is 23.8 Å². The Morgan fingerprint density at radius 1 is 1.02 bits per heavy atom. The van der Waals surface area contributed by atoms with Gasteiger partial charge in [0, 0.05) is 24.2 Å². The minimum atomic E-state index is -0.973. The lowest BCUT2D eigenvalue weighted by Gasteiger charge is -2.27. The van der Waals surface area contributed by atoms with Gasteiger partial charge in [0.25, 0.3) is 0 Å². The zero-order chi connectivity index (χ0) is 31.7. The summed E-state index contributed by atoms with van der Waals surface area (Å²) in [6.07, 6.45) is 3.47. The molecule has 1 saturated heterocycles. The lowest BCUT2D eigenvalue weighted by Crippen LogP contribution is -2.35. The predicted octanol–water partition coefficient (Wildman–Crippen LogP) is 5.96. The van der Waals surface area contributed by atoms with Gasteiger partial charge in [0.15, 0.2) is 11.5 Å². The fourth-order valence-electron chi connectivity index (χ4n) is 6.56. The van der Waals surface area contributed by atoms with Gasteiger partial charge in [-0.2, -0.15) is 0 Å². The molecule has 0 bridgehead atoms. The lowest BCUT2D eigenvalue weighted by atomic mass is 9.82. The number of carboxylic acids is 1. The van der Waals surface area contributed by atoms with Crippen LogP contribution in [0, 0.1) is 17.7 Å². The number of nitrogens with one attached hydrogen (secondary N) is 1. The zero-order valence-corrected chi connectivity index (χ0v) is 25.8. The van der Waals surface area contributed by atoms with Crippen LogP contribution in [-0.2, 0) is 22.4 Å². The van der Waals surface area contributed by atoms with Crippen molar-refractivity contribution in [2.75, 3.05) is 38.9 Å². The molecule has 2 fully saturated rings. The van der Waals surface area contributed by atoms with Gasteiger partial charge in [-0.05, 0) is 90.3 Å². The summed E-state index contributed by atoms with van der Waals surface area (Å²) in [5.41, 5.74) is 3.55. The van der Waals surface area contributed by atoms with Gasteiger partial charge in [-0.15, -0.1) is 0 Å². The maximum absolute atomic E-state index is 14.3. The molecule has 3 aromatic rings. The quantitative estimate of drug-likeness (QED) is 0.256. The summed E-state index contributed by atoms with van der Waals surface area (Å²) in [5, 5.41) is 13.7. The van der Waals surface area contributed by atoms with Crippen molar-refractivity contribution in [2.45, 2.75) is 51.5 Å². The monoisotopic (exact) mass is 618 g/mol. The van der Waals surface area contributed by atoms with Gasteiger partial charge in [0.1, 0.15) is 11.6 Å². The SMILES string of the molecule is CCc1cc(F)cc(CC)c1NC(=O)CN1C[C@H](c2cc(OC)c3c(c2)OCO3)C(C(=O)O)[C@@H]1c1ccc(OCC2CC2)cc1. The first-order valence-electron chi connectivity index (χ1n) is 15.6. The van der Waals surface area contributed by atoms with Gasteiger partial charge in [-0.3, -0.25) is 14.5 Å². The summed E-state index contributed by atoms with van der Waals surface area (Å²) >= 11 is 0. The molecule has 3 atom stereocenters. The minimum Gasteiger partial charge on any atom is -0.493 e. The Morgan fingerprint density at radius 3 is 2.36 bits per heavy atom. The van der Waals surface area contributed by atoms with Crippen LogP contribution in [0.15, 0.2) is 48.5 Å². The van der Waals surface area contributed by atoms with Crippen molar-refractivity contribution in [1.82, 2.24) is 4.90 Å². The highest BCUT2D eigenvalue weighted by molar-refractivity contribution is 5.94. The van der Waals surface area contributed by atoms with Crippen LogP contribution in [0.2, 0.25) is 0 Å². The Morgan fingerprint density at radius 2 is 1.73 bits per heavy atom. The number of aliphatic carboxylic acids is 1. The second-order valence-corrected chi connectivity index (χ2v) is 12.0. The van der Waals surface area contributed by atoms with E-state index in [1.165, 1.54) is 32.1 Å². The van der Waals surface area contributed by atoms with Crippen LogP contribution < -0.4 is 24.3 Å². The minimum absolute atomic E-state index is 0.0507. The van der Waals surface area contributed by atoms with E-state index in [0.29, 0.717) is 66.0 Å². The van der Waals surface area contributed by atoms with E-state index in [9.17, 15) is 19.1 Å². The molecule has 1 unspecified atom stereocenters. The molecule has 2 heterocycles. The van der Waals surface area contributed by atoms with E-state index in [4.69, 9.17) is 18.9 Å². The number of carbonyl (C=O) groups is 2. The molecule has 6 rings (SSSR count). The molecule has 45 heavy (non-hydrogen) atoms. The summed E-state index contributed by atoms with van der Waals surface area (Å²) in [7, 11) is 1.53. The van der Waals surface area contributed by atoms with Gasteiger partial charge < -0.3 is 29.4 Å². The maximum atomic E-state index is 14.3. The van der Waals surface area contributed by atoms with E-state index >= 15 is 0 Å². The number of rotatable bonds is 12. The molecular weight excluding hydrogens is 579 g/mol. The summed E-state index contributed by atoms with van der Waals surface area (Å²) in [6, 6.07) is 13.4. The molecular formula is C35H39FN2O7. The van der Waals surface area contributed by atoms with Gasteiger partial charge in [-0.1, -0.05) is 26.0 Å². The van der Waals surface area contributed by atoms with Crippen LogP contribution in [0.4, 0.5) is 10.1 Å².